The van der Waals surface area contributed by atoms with Crippen LogP contribution in [0, 0.1) is 0 Å². The molecule has 0 saturated carbocycles. The van der Waals surface area contributed by atoms with Gasteiger partial charge in [0.1, 0.15) is 43.4 Å². The highest BCUT2D eigenvalue weighted by molar-refractivity contribution is 5.74. The number of aldehydes is 1. The van der Waals surface area contributed by atoms with E-state index in [9.17, 15) is 4.79 Å². The maximum Gasteiger partial charge on any atom is 0.150 e. The van der Waals surface area contributed by atoms with E-state index in [4.69, 9.17) is 14.2 Å². The lowest BCUT2D eigenvalue weighted by molar-refractivity contribution is 0.112. The maximum absolute atomic E-state index is 10.6. The number of carbonyl (C=O) groups excluding carboxylic acids is 1. The molecule has 3 aromatic carbocycles. The van der Waals surface area contributed by atoms with Gasteiger partial charge in [0.15, 0.2) is 0 Å². The molecule has 0 spiro atoms. The fourth-order valence-corrected chi connectivity index (χ4v) is 2.33. The van der Waals surface area contributed by atoms with Crippen LogP contribution in [0.5, 0.6) is 17.2 Å². The minimum Gasteiger partial charge on any atom is -0.490 e. The minimum atomic E-state index is 0.423. The van der Waals surface area contributed by atoms with Crippen LogP contribution in [0.4, 0.5) is 0 Å². The van der Waals surface area contributed by atoms with Crippen LogP contribution in [0.15, 0.2) is 78.9 Å². The van der Waals surface area contributed by atoms with E-state index < -0.39 is 0 Å². The summed E-state index contributed by atoms with van der Waals surface area (Å²) in [4.78, 5) is 10.6. The molecule has 4 nitrogen and oxygen atoms in total. The lowest BCUT2D eigenvalue weighted by Gasteiger charge is -2.10. The summed E-state index contributed by atoms with van der Waals surface area (Å²) in [7, 11) is 0. The molecule has 0 aliphatic carbocycles. The largest absolute Gasteiger partial charge is 0.490 e. The first-order chi connectivity index (χ1) is 12.8. The van der Waals surface area contributed by atoms with Crippen molar-refractivity contribution in [3.8, 4) is 17.2 Å². The summed E-state index contributed by atoms with van der Waals surface area (Å²) in [6.45, 7) is 1.39. The fraction of sp³-hybridized carbons (Fsp3) is 0.136. The van der Waals surface area contributed by atoms with Gasteiger partial charge in [-0.3, -0.25) is 4.79 Å². The van der Waals surface area contributed by atoms with Crippen LogP contribution in [-0.2, 0) is 6.61 Å². The summed E-state index contributed by atoms with van der Waals surface area (Å²) in [5, 5.41) is 0. The van der Waals surface area contributed by atoms with E-state index >= 15 is 0 Å². The first-order valence-corrected chi connectivity index (χ1v) is 8.41. The highest BCUT2D eigenvalue weighted by Crippen LogP contribution is 2.19. The summed E-state index contributed by atoms with van der Waals surface area (Å²) >= 11 is 0. The van der Waals surface area contributed by atoms with Crippen molar-refractivity contribution < 1.29 is 19.0 Å². The first-order valence-electron chi connectivity index (χ1n) is 8.41. The van der Waals surface area contributed by atoms with Crippen molar-refractivity contribution in [2.75, 3.05) is 13.2 Å². The van der Waals surface area contributed by atoms with Crippen LogP contribution in [0.25, 0.3) is 0 Å². The fourth-order valence-electron chi connectivity index (χ4n) is 2.33. The maximum atomic E-state index is 10.6. The van der Waals surface area contributed by atoms with E-state index in [0.29, 0.717) is 31.1 Å². The van der Waals surface area contributed by atoms with Crippen molar-refractivity contribution in [1.82, 2.24) is 0 Å². The molecule has 0 amide bonds. The van der Waals surface area contributed by atoms with Gasteiger partial charge in [-0.1, -0.05) is 30.3 Å². The van der Waals surface area contributed by atoms with Crippen LogP contribution in [-0.4, -0.2) is 19.5 Å². The molecular weight excluding hydrogens is 328 g/mol. The summed E-state index contributed by atoms with van der Waals surface area (Å²) in [5.41, 5.74) is 1.76. The average molecular weight is 348 g/mol. The molecule has 0 saturated heterocycles. The van der Waals surface area contributed by atoms with E-state index in [2.05, 4.69) is 0 Å². The van der Waals surface area contributed by atoms with E-state index in [-0.39, 0.29) is 0 Å². The molecule has 0 aromatic heterocycles. The Morgan fingerprint density at radius 1 is 0.615 bits per heavy atom. The first kappa shape index (κ1) is 17.5. The SMILES string of the molecule is O=Cc1ccc(OCCOc2ccc(OCc3ccccc3)cc2)cc1. The number of hydrogen-bond acceptors (Lipinski definition) is 4. The van der Waals surface area contributed by atoms with Gasteiger partial charge in [-0.25, -0.2) is 0 Å². The van der Waals surface area contributed by atoms with Crippen molar-refractivity contribution in [3.05, 3.63) is 90.0 Å². The second kappa shape index (κ2) is 9.28. The van der Waals surface area contributed by atoms with Crippen molar-refractivity contribution in [2.45, 2.75) is 6.61 Å². The molecule has 0 atom stereocenters. The van der Waals surface area contributed by atoms with E-state index in [1.54, 1.807) is 24.3 Å². The van der Waals surface area contributed by atoms with Crippen LogP contribution in [0.1, 0.15) is 15.9 Å². The molecular formula is C22H20O4. The van der Waals surface area contributed by atoms with Gasteiger partial charge in [-0.05, 0) is 54.1 Å². The smallest absolute Gasteiger partial charge is 0.150 e. The predicted octanol–water partition coefficient (Wildman–Crippen LogP) is 4.54. The molecule has 0 aliphatic rings. The number of hydrogen-bond donors (Lipinski definition) is 0. The molecule has 0 fully saturated rings. The van der Waals surface area contributed by atoms with E-state index in [1.165, 1.54) is 0 Å². The van der Waals surface area contributed by atoms with E-state index in [0.717, 1.165) is 23.3 Å². The molecule has 0 aliphatic heterocycles. The van der Waals surface area contributed by atoms with Gasteiger partial charge >= 0.3 is 0 Å². The minimum absolute atomic E-state index is 0.423. The second-order valence-electron chi connectivity index (χ2n) is 5.63. The monoisotopic (exact) mass is 348 g/mol. The molecule has 4 heteroatoms. The van der Waals surface area contributed by atoms with Crippen molar-refractivity contribution >= 4 is 6.29 Å². The summed E-state index contributed by atoms with van der Waals surface area (Å²) in [6, 6.07) is 24.5. The third-order valence-corrected chi connectivity index (χ3v) is 3.71. The Balaban J connectivity index is 1.39. The number of carbonyl (C=O) groups is 1. The Morgan fingerprint density at radius 3 is 1.65 bits per heavy atom. The Labute approximate surface area is 153 Å². The van der Waals surface area contributed by atoms with Gasteiger partial charge in [0.05, 0.1) is 0 Å². The molecule has 0 unspecified atom stereocenters. The standard InChI is InChI=1S/C22H20O4/c23-16-18-6-8-20(9-7-18)24-14-15-25-21-10-12-22(13-11-21)26-17-19-4-2-1-3-5-19/h1-13,16H,14-15,17H2. The van der Waals surface area contributed by atoms with Crippen molar-refractivity contribution in [3.63, 3.8) is 0 Å². The summed E-state index contributed by atoms with van der Waals surface area (Å²) < 4.78 is 17.0. The summed E-state index contributed by atoms with van der Waals surface area (Å²) in [5.74, 6) is 2.27. The topological polar surface area (TPSA) is 44.8 Å². The predicted molar refractivity (Wildman–Crippen MR) is 100 cm³/mol. The van der Waals surface area contributed by atoms with Gasteiger partial charge in [0.2, 0.25) is 0 Å². The van der Waals surface area contributed by atoms with Gasteiger partial charge < -0.3 is 14.2 Å². The zero-order chi connectivity index (χ0) is 18.0. The van der Waals surface area contributed by atoms with Crippen LogP contribution in [0.3, 0.4) is 0 Å². The Kier molecular flexibility index (Phi) is 6.26. The highest BCUT2D eigenvalue weighted by atomic mass is 16.5. The molecule has 132 valence electrons. The van der Waals surface area contributed by atoms with Gasteiger partial charge in [0, 0.05) is 5.56 Å². The second-order valence-corrected chi connectivity index (χ2v) is 5.63. The average Bonchev–Trinajstić information content (AvgIpc) is 2.72. The number of rotatable bonds is 9. The van der Waals surface area contributed by atoms with Crippen LogP contribution < -0.4 is 14.2 Å². The number of benzene rings is 3. The van der Waals surface area contributed by atoms with Crippen LogP contribution >= 0.6 is 0 Å². The quantitative estimate of drug-likeness (QED) is 0.421. The molecule has 0 N–H and O–H groups in total. The van der Waals surface area contributed by atoms with Gasteiger partial charge in [-0.2, -0.15) is 0 Å². The molecule has 0 radical (unpaired) electrons. The Hall–Kier alpha value is -3.27. The van der Waals surface area contributed by atoms with Crippen molar-refractivity contribution in [2.24, 2.45) is 0 Å². The highest BCUT2D eigenvalue weighted by Gasteiger charge is 1.99. The molecule has 26 heavy (non-hydrogen) atoms. The lowest BCUT2D eigenvalue weighted by atomic mass is 10.2. The summed E-state index contributed by atoms with van der Waals surface area (Å²) in [6.07, 6.45) is 0.806. The molecule has 0 bridgehead atoms. The Bertz CT molecular complexity index is 796. The Morgan fingerprint density at radius 2 is 1.12 bits per heavy atom. The normalized spacial score (nSPS) is 10.2. The van der Waals surface area contributed by atoms with Crippen LogP contribution in [0.2, 0.25) is 0 Å². The number of ether oxygens (including phenoxy) is 3. The third kappa shape index (κ3) is 5.38. The zero-order valence-electron chi connectivity index (χ0n) is 14.3. The lowest BCUT2D eigenvalue weighted by Crippen LogP contribution is -2.09. The third-order valence-electron chi connectivity index (χ3n) is 3.71. The van der Waals surface area contributed by atoms with Gasteiger partial charge in [0.25, 0.3) is 0 Å². The molecule has 3 aromatic rings. The van der Waals surface area contributed by atoms with Gasteiger partial charge in [-0.15, -0.1) is 0 Å². The molecule has 3 rings (SSSR count). The molecule has 0 heterocycles. The zero-order valence-corrected chi connectivity index (χ0v) is 14.3. The van der Waals surface area contributed by atoms with E-state index in [1.807, 2.05) is 54.6 Å². The van der Waals surface area contributed by atoms with Crippen molar-refractivity contribution in [1.29, 1.82) is 0 Å².